The van der Waals surface area contributed by atoms with Crippen LogP contribution in [0.1, 0.15) is 26.3 Å². The van der Waals surface area contributed by atoms with E-state index in [0.29, 0.717) is 11.3 Å². The van der Waals surface area contributed by atoms with Crippen LogP contribution in [0.2, 0.25) is 0 Å². The Kier molecular flexibility index (Phi) is 7.73. The second-order valence-electron chi connectivity index (χ2n) is 5.69. The zero-order valence-corrected chi connectivity index (χ0v) is 14.7. The minimum atomic E-state index is -1.41. The number of carbonyl (C=O) groups excluding carboxylic acids is 3. The van der Waals surface area contributed by atoms with Crippen molar-refractivity contribution in [2.75, 3.05) is 0 Å². The second kappa shape index (κ2) is 9.52. The van der Waals surface area contributed by atoms with Gasteiger partial charge in [-0.05, 0) is 31.0 Å². The molecule has 0 spiro atoms. The van der Waals surface area contributed by atoms with Crippen LogP contribution < -0.4 is 15.8 Å². The molecule has 9 heteroatoms. The number of benzene rings is 1. The van der Waals surface area contributed by atoms with Crippen molar-refractivity contribution >= 4 is 23.8 Å². The van der Waals surface area contributed by atoms with Crippen LogP contribution >= 0.6 is 0 Å². The Morgan fingerprint density at radius 3 is 2.15 bits per heavy atom. The maximum atomic E-state index is 12.2. The van der Waals surface area contributed by atoms with Crippen LogP contribution in [0.4, 0.5) is 0 Å². The van der Waals surface area contributed by atoms with Gasteiger partial charge in [0.05, 0.1) is 6.04 Å². The molecule has 9 nitrogen and oxygen atoms in total. The van der Waals surface area contributed by atoms with Gasteiger partial charge in [0.25, 0.3) is 0 Å². The summed E-state index contributed by atoms with van der Waals surface area (Å²) in [6.07, 6.45) is -0.912. The number of carboxylic acids is 1. The van der Waals surface area contributed by atoms with Gasteiger partial charge in [0.1, 0.15) is 11.9 Å². The molecule has 1 rings (SSSR count). The first-order chi connectivity index (χ1) is 12.1. The summed E-state index contributed by atoms with van der Waals surface area (Å²) in [6.45, 7) is 3.78. The van der Waals surface area contributed by atoms with E-state index >= 15 is 0 Å². The molecule has 0 aliphatic carbocycles. The van der Waals surface area contributed by atoms with E-state index in [0.717, 1.165) is 6.92 Å². The predicted octanol–water partition coefficient (Wildman–Crippen LogP) is 0.00270. The Morgan fingerprint density at radius 1 is 1.12 bits per heavy atom. The molecule has 1 aromatic rings. The zero-order valence-electron chi connectivity index (χ0n) is 14.7. The van der Waals surface area contributed by atoms with Gasteiger partial charge in [-0.25, -0.2) is 4.79 Å². The van der Waals surface area contributed by atoms with Crippen molar-refractivity contribution < 1.29 is 33.8 Å². The first-order valence-electron chi connectivity index (χ1n) is 7.83. The van der Waals surface area contributed by atoms with Crippen molar-refractivity contribution in [3.05, 3.63) is 29.8 Å². The summed E-state index contributed by atoms with van der Waals surface area (Å²) in [5.74, 6) is -2.78. The van der Waals surface area contributed by atoms with Crippen molar-refractivity contribution in [2.45, 2.75) is 45.4 Å². The summed E-state index contributed by atoms with van der Waals surface area (Å²) in [6, 6.07) is 3.97. The second-order valence-corrected chi connectivity index (χ2v) is 5.69. The number of carboxylic acid groups (broad SMARTS) is 1. The number of nitrogens with one attached hydrogen (secondary N) is 1. The van der Waals surface area contributed by atoms with E-state index in [1.165, 1.54) is 13.8 Å². The smallest absolute Gasteiger partial charge is 0.330 e. The van der Waals surface area contributed by atoms with Crippen LogP contribution in [-0.2, 0) is 30.3 Å². The minimum absolute atomic E-state index is 0.139. The Balaban J connectivity index is 2.69. The van der Waals surface area contributed by atoms with Crippen molar-refractivity contribution in [2.24, 2.45) is 5.73 Å². The molecule has 4 N–H and O–H groups in total. The Labute approximate surface area is 150 Å². The fourth-order valence-electron chi connectivity index (χ4n) is 2.18. The average Bonchev–Trinajstić information content (AvgIpc) is 2.52. The van der Waals surface area contributed by atoms with Gasteiger partial charge >= 0.3 is 17.9 Å². The number of hydrogen-bond donors (Lipinski definition) is 3. The van der Waals surface area contributed by atoms with E-state index in [1.54, 1.807) is 24.3 Å². The van der Waals surface area contributed by atoms with Crippen molar-refractivity contribution in [1.29, 1.82) is 0 Å². The van der Waals surface area contributed by atoms with Gasteiger partial charge < -0.3 is 25.6 Å². The Hall–Kier alpha value is -2.94. The molecule has 0 unspecified atom stereocenters. The lowest BCUT2D eigenvalue weighted by Crippen LogP contribution is -2.54. The molecule has 0 aliphatic heterocycles. The van der Waals surface area contributed by atoms with Crippen LogP contribution in [0, 0.1) is 0 Å². The molecule has 0 saturated heterocycles. The highest BCUT2D eigenvalue weighted by Gasteiger charge is 2.30. The third-order valence-electron chi connectivity index (χ3n) is 3.36. The molecule has 26 heavy (non-hydrogen) atoms. The fraction of sp³-hybridized carbons (Fsp3) is 0.412. The Morgan fingerprint density at radius 2 is 1.69 bits per heavy atom. The predicted molar refractivity (Wildman–Crippen MR) is 90.2 cm³/mol. The first kappa shape index (κ1) is 21.1. The summed E-state index contributed by atoms with van der Waals surface area (Å²) in [7, 11) is 0. The number of amides is 1. The molecule has 1 amide bonds. The normalized spacial score (nSPS) is 13.8. The maximum absolute atomic E-state index is 12.2. The molecule has 1 aromatic carbocycles. The molecular formula is C17H22N2O7. The third-order valence-corrected chi connectivity index (χ3v) is 3.36. The zero-order chi connectivity index (χ0) is 19.9. The number of rotatable bonds is 8. The highest BCUT2D eigenvalue weighted by atomic mass is 16.5. The maximum Gasteiger partial charge on any atom is 0.330 e. The molecule has 0 radical (unpaired) electrons. The summed E-state index contributed by atoms with van der Waals surface area (Å²) in [5.41, 5.74) is 6.52. The summed E-state index contributed by atoms with van der Waals surface area (Å²) in [5, 5.41) is 11.5. The molecule has 0 saturated carbocycles. The number of hydrogen-bond acceptors (Lipinski definition) is 7. The van der Waals surface area contributed by atoms with Crippen LogP contribution in [-0.4, -0.2) is 47.1 Å². The fourth-order valence-corrected chi connectivity index (χ4v) is 2.18. The summed E-state index contributed by atoms with van der Waals surface area (Å²) >= 11 is 0. The summed E-state index contributed by atoms with van der Waals surface area (Å²) < 4.78 is 9.70. The van der Waals surface area contributed by atoms with Gasteiger partial charge in [0, 0.05) is 13.8 Å². The lowest BCUT2D eigenvalue weighted by Gasteiger charge is -2.22. The number of ether oxygens (including phenoxy) is 2. The topological polar surface area (TPSA) is 145 Å². The van der Waals surface area contributed by atoms with Gasteiger partial charge in [-0.15, -0.1) is 0 Å². The quantitative estimate of drug-likeness (QED) is 0.431. The molecule has 3 atom stereocenters. The lowest BCUT2D eigenvalue weighted by molar-refractivity contribution is -0.154. The number of aliphatic carboxylic acids is 1. The number of esters is 2. The number of nitrogens with two attached hydrogens (primary N) is 1. The lowest BCUT2D eigenvalue weighted by atomic mass is 10.0. The molecular weight excluding hydrogens is 344 g/mol. The number of carbonyl (C=O) groups is 4. The molecule has 142 valence electrons. The summed E-state index contributed by atoms with van der Waals surface area (Å²) in [4.78, 5) is 45.3. The highest BCUT2D eigenvalue weighted by molar-refractivity contribution is 5.87. The van der Waals surface area contributed by atoms with Crippen LogP contribution in [0.25, 0.3) is 0 Å². The van der Waals surface area contributed by atoms with Crippen LogP contribution in [0.15, 0.2) is 24.3 Å². The third kappa shape index (κ3) is 6.89. The molecule has 0 aliphatic rings. The van der Waals surface area contributed by atoms with E-state index in [1.807, 2.05) is 0 Å². The van der Waals surface area contributed by atoms with E-state index in [4.69, 9.17) is 15.2 Å². The molecule has 0 fully saturated rings. The monoisotopic (exact) mass is 366 g/mol. The SMILES string of the molecule is CC(=O)Oc1ccc(C[C@H](N)C(=O)N[C@H](C(=O)O)[C@@H](C)OC(C)=O)cc1. The molecule has 0 heterocycles. The van der Waals surface area contributed by atoms with E-state index in [2.05, 4.69) is 5.32 Å². The van der Waals surface area contributed by atoms with Crippen molar-refractivity contribution in [3.63, 3.8) is 0 Å². The first-order valence-corrected chi connectivity index (χ1v) is 7.83. The van der Waals surface area contributed by atoms with Gasteiger partial charge in [-0.1, -0.05) is 12.1 Å². The van der Waals surface area contributed by atoms with Gasteiger partial charge in [-0.2, -0.15) is 0 Å². The highest BCUT2D eigenvalue weighted by Crippen LogP contribution is 2.13. The van der Waals surface area contributed by atoms with Gasteiger partial charge in [0.15, 0.2) is 6.04 Å². The van der Waals surface area contributed by atoms with E-state index < -0.39 is 42.0 Å². The van der Waals surface area contributed by atoms with Crippen molar-refractivity contribution in [1.82, 2.24) is 5.32 Å². The minimum Gasteiger partial charge on any atom is -0.480 e. The molecule has 0 aromatic heterocycles. The largest absolute Gasteiger partial charge is 0.480 e. The van der Waals surface area contributed by atoms with Gasteiger partial charge in [-0.3, -0.25) is 14.4 Å². The van der Waals surface area contributed by atoms with Crippen molar-refractivity contribution in [3.8, 4) is 5.75 Å². The molecule has 0 bridgehead atoms. The Bertz CT molecular complexity index is 672. The van der Waals surface area contributed by atoms with Crippen LogP contribution in [0.5, 0.6) is 5.75 Å². The van der Waals surface area contributed by atoms with E-state index in [-0.39, 0.29) is 6.42 Å². The standard InChI is InChI=1S/C17H22N2O7/c1-9(25-10(2)20)15(17(23)24)19-16(22)14(18)8-12-4-6-13(7-5-12)26-11(3)21/h4-7,9,14-15H,8,18H2,1-3H3,(H,19,22)(H,23,24)/t9-,14+,15+/m1/s1. The average molecular weight is 366 g/mol. The van der Waals surface area contributed by atoms with Gasteiger partial charge in [0.2, 0.25) is 5.91 Å². The van der Waals surface area contributed by atoms with E-state index in [9.17, 15) is 24.3 Å². The van der Waals surface area contributed by atoms with Crippen LogP contribution in [0.3, 0.4) is 0 Å².